The maximum absolute atomic E-state index is 11.5. The predicted molar refractivity (Wildman–Crippen MR) is 70.9 cm³/mol. The topological polar surface area (TPSA) is 52.3 Å². The first-order valence-corrected chi connectivity index (χ1v) is 6.36. The van der Waals surface area contributed by atoms with Crippen LogP contribution in [0.15, 0.2) is 47.5 Å². The molecule has 0 aliphatic heterocycles. The number of carbonyl (C=O) groups is 1. The van der Waals surface area contributed by atoms with E-state index < -0.39 is 0 Å². The molecule has 2 rings (SSSR count). The maximum Gasteiger partial charge on any atom is 0.341 e. The second-order valence-corrected chi connectivity index (χ2v) is 4.47. The summed E-state index contributed by atoms with van der Waals surface area (Å²) in [6.07, 6.45) is 8.26. The lowest BCUT2D eigenvalue weighted by Gasteiger charge is -2.11. The van der Waals surface area contributed by atoms with E-state index in [0.29, 0.717) is 18.1 Å². The van der Waals surface area contributed by atoms with E-state index in [1.807, 2.05) is 12.1 Å². The van der Waals surface area contributed by atoms with Crippen LogP contribution in [0.25, 0.3) is 0 Å². The van der Waals surface area contributed by atoms with Crippen molar-refractivity contribution in [3.8, 4) is 0 Å². The molecule has 100 valence electrons. The zero-order valence-corrected chi connectivity index (χ0v) is 10.9. The van der Waals surface area contributed by atoms with Gasteiger partial charge in [-0.1, -0.05) is 6.92 Å². The molecule has 0 N–H and O–H groups in total. The molecule has 0 aliphatic rings. The highest BCUT2D eigenvalue weighted by Crippen LogP contribution is 2.19. The quantitative estimate of drug-likeness (QED) is 0.589. The van der Waals surface area contributed by atoms with Crippen molar-refractivity contribution in [3.05, 3.63) is 54.2 Å². The van der Waals surface area contributed by atoms with Crippen LogP contribution in [0.1, 0.15) is 41.6 Å². The minimum absolute atomic E-state index is 0.328. The third-order valence-electron chi connectivity index (χ3n) is 3.05. The van der Waals surface area contributed by atoms with E-state index in [1.165, 1.54) is 18.1 Å². The zero-order chi connectivity index (χ0) is 13.5. The Labute approximate surface area is 112 Å². The molecule has 0 spiro atoms. The van der Waals surface area contributed by atoms with E-state index in [1.54, 1.807) is 18.5 Å². The SMILES string of the molecule is CC(CCCOC(=O)c1ccoc1)c1ccncc1. The van der Waals surface area contributed by atoms with E-state index in [-0.39, 0.29) is 5.97 Å². The number of rotatable bonds is 6. The van der Waals surface area contributed by atoms with Crippen LogP contribution in [-0.4, -0.2) is 17.6 Å². The highest BCUT2D eigenvalue weighted by Gasteiger charge is 2.09. The predicted octanol–water partition coefficient (Wildman–Crippen LogP) is 3.42. The van der Waals surface area contributed by atoms with Crippen LogP contribution in [0.2, 0.25) is 0 Å². The largest absolute Gasteiger partial charge is 0.472 e. The van der Waals surface area contributed by atoms with Gasteiger partial charge in [0.2, 0.25) is 0 Å². The number of pyridine rings is 1. The lowest BCUT2D eigenvalue weighted by Crippen LogP contribution is -2.06. The van der Waals surface area contributed by atoms with Gasteiger partial charge in [-0.15, -0.1) is 0 Å². The highest BCUT2D eigenvalue weighted by atomic mass is 16.5. The fraction of sp³-hybridized carbons (Fsp3) is 0.333. The van der Waals surface area contributed by atoms with Crippen molar-refractivity contribution in [1.82, 2.24) is 4.98 Å². The molecule has 0 saturated carbocycles. The van der Waals surface area contributed by atoms with Crippen LogP contribution in [0.4, 0.5) is 0 Å². The molecule has 2 aromatic heterocycles. The molecule has 0 amide bonds. The molecule has 1 atom stereocenters. The number of aromatic nitrogens is 1. The summed E-state index contributed by atoms with van der Waals surface area (Å²) in [6, 6.07) is 5.63. The maximum atomic E-state index is 11.5. The Morgan fingerprint density at radius 1 is 1.37 bits per heavy atom. The smallest absolute Gasteiger partial charge is 0.341 e. The number of ether oxygens (including phenoxy) is 1. The van der Waals surface area contributed by atoms with Gasteiger partial charge < -0.3 is 9.15 Å². The fourth-order valence-corrected chi connectivity index (χ4v) is 1.88. The summed E-state index contributed by atoms with van der Waals surface area (Å²) in [6.45, 7) is 2.59. The third kappa shape index (κ3) is 3.95. The Morgan fingerprint density at radius 3 is 2.84 bits per heavy atom. The monoisotopic (exact) mass is 259 g/mol. The second-order valence-electron chi connectivity index (χ2n) is 4.47. The van der Waals surface area contributed by atoms with Gasteiger partial charge in [0.25, 0.3) is 0 Å². The highest BCUT2D eigenvalue weighted by molar-refractivity contribution is 5.88. The summed E-state index contributed by atoms with van der Waals surface area (Å²) in [5, 5.41) is 0. The normalized spacial score (nSPS) is 12.1. The van der Waals surface area contributed by atoms with Crippen molar-refractivity contribution in [1.29, 1.82) is 0 Å². The average molecular weight is 259 g/mol. The van der Waals surface area contributed by atoms with Gasteiger partial charge in [0.15, 0.2) is 0 Å². The molecule has 2 heterocycles. The van der Waals surface area contributed by atoms with Gasteiger partial charge in [-0.2, -0.15) is 0 Å². The number of hydrogen-bond donors (Lipinski definition) is 0. The van der Waals surface area contributed by atoms with E-state index in [9.17, 15) is 4.79 Å². The number of nitrogens with zero attached hydrogens (tertiary/aromatic N) is 1. The molecule has 2 aromatic rings. The number of hydrogen-bond acceptors (Lipinski definition) is 4. The summed E-state index contributed by atoms with van der Waals surface area (Å²) in [4.78, 5) is 15.5. The first kappa shape index (κ1) is 13.3. The van der Waals surface area contributed by atoms with Crippen molar-refractivity contribution in [2.45, 2.75) is 25.7 Å². The molecule has 0 aromatic carbocycles. The van der Waals surface area contributed by atoms with Gasteiger partial charge in [-0.05, 0) is 42.5 Å². The number of esters is 1. The zero-order valence-electron chi connectivity index (χ0n) is 10.9. The summed E-state index contributed by atoms with van der Waals surface area (Å²) in [5.41, 5.74) is 1.72. The lowest BCUT2D eigenvalue weighted by molar-refractivity contribution is 0.0496. The van der Waals surface area contributed by atoms with Gasteiger partial charge in [-0.3, -0.25) is 4.98 Å². The van der Waals surface area contributed by atoms with E-state index in [2.05, 4.69) is 11.9 Å². The number of furan rings is 1. The van der Waals surface area contributed by atoms with E-state index in [0.717, 1.165) is 12.8 Å². The summed E-state index contributed by atoms with van der Waals surface area (Å²) < 4.78 is 9.99. The van der Waals surface area contributed by atoms with Gasteiger partial charge in [0.1, 0.15) is 6.26 Å². The van der Waals surface area contributed by atoms with Crippen LogP contribution >= 0.6 is 0 Å². The molecule has 4 heteroatoms. The molecule has 0 fully saturated rings. The van der Waals surface area contributed by atoms with Gasteiger partial charge in [0.05, 0.1) is 18.4 Å². The molecule has 0 bridgehead atoms. The van der Waals surface area contributed by atoms with Crippen LogP contribution in [-0.2, 0) is 4.74 Å². The first-order valence-electron chi connectivity index (χ1n) is 6.36. The van der Waals surface area contributed by atoms with Crippen molar-refractivity contribution < 1.29 is 13.9 Å². The molecule has 0 aliphatic carbocycles. The van der Waals surface area contributed by atoms with Crippen molar-refractivity contribution in [3.63, 3.8) is 0 Å². The van der Waals surface area contributed by atoms with Gasteiger partial charge in [0, 0.05) is 12.4 Å². The first-order chi connectivity index (χ1) is 9.27. The second kappa shape index (κ2) is 6.73. The van der Waals surface area contributed by atoms with Crippen molar-refractivity contribution in [2.24, 2.45) is 0 Å². The minimum atomic E-state index is -0.328. The van der Waals surface area contributed by atoms with E-state index >= 15 is 0 Å². The van der Waals surface area contributed by atoms with Crippen molar-refractivity contribution >= 4 is 5.97 Å². The van der Waals surface area contributed by atoms with Crippen LogP contribution in [0, 0.1) is 0 Å². The summed E-state index contributed by atoms with van der Waals surface area (Å²) in [5.74, 6) is 0.112. The van der Waals surface area contributed by atoms with Gasteiger partial charge >= 0.3 is 5.97 Å². The Kier molecular flexibility index (Phi) is 4.72. The molecule has 0 radical (unpaired) electrons. The summed E-state index contributed by atoms with van der Waals surface area (Å²) in [7, 11) is 0. The molecule has 19 heavy (non-hydrogen) atoms. The third-order valence-corrected chi connectivity index (χ3v) is 3.05. The molecular formula is C15H17NO3. The van der Waals surface area contributed by atoms with Crippen LogP contribution in [0.3, 0.4) is 0 Å². The fourth-order valence-electron chi connectivity index (χ4n) is 1.88. The van der Waals surface area contributed by atoms with E-state index in [4.69, 9.17) is 9.15 Å². The average Bonchev–Trinajstić information content (AvgIpc) is 2.98. The Balaban J connectivity index is 1.68. The minimum Gasteiger partial charge on any atom is -0.472 e. The number of carbonyl (C=O) groups excluding carboxylic acids is 1. The Bertz CT molecular complexity index is 493. The lowest BCUT2D eigenvalue weighted by atomic mass is 9.98. The molecular weight excluding hydrogens is 242 g/mol. The van der Waals surface area contributed by atoms with Crippen LogP contribution in [0.5, 0.6) is 0 Å². The van der Waals surface area contributed by atoms with Crippen molar-refractivity contribution in [2.75, 3.05) is 6.61 Å². The molecule has 4 nitrogen and oxygen atoms in total. The molecule has 1 unspecified atom stereocenters. The Hall–Kier alpha value is -2.10. The molecule has 0 saturated heterocycles. The van der Waals surface area contributed by atoms with Crippen LogP contribution < -0.4 is 0 Å². The summed E-state index contributed by atoms with van der Waals surface area (Å²) >= 11 is 0. The standard InChI is InChI=1S/C15H17NO3/c1-12(13-4-7-16-8-5-13)3-2-9-19-15(17)14-6-10-18-11-14/h4-8,10-12H,2-3,9H2,1H3. The van der Waals surface area contributed by atoms with Gasteiger partial charge in [-0.25, -0.2) is 4.79 Å². The Morgan fingerprint density at radius 2 is 2.16 bits per heavy atom.